The number of rotatable bonds is 6. The molecule has 2 aliphatic heterocycles. The second-order valence-electron chi connectivity index (χ2n) is 8.87. The first-order valence-electron chi connectivity index (χ1n) is 12.0. The van der Waals surface area contributed by atoms with Crippen LogP contribution >= 0.6 is 0 Å². The Hall–Kier alpha value is -3.01. The third kappa shape index (κ3) is 4.77. The van der Waals surface area contributed by atoms with Crippen LogP contribution in [0.2, 0.25) is 0 Å². The molecule has 5 rings (SSSR count). The highest BCUT2D eigenvalue weighted by molar-refractivity contribution is 6.15. The van der Waals surface area contributed by atoms with Crippen molar-refractivity contribution in [3.05, 3.63) is 47.5 Å². The van der Waals surface area contributed by atoms with E-state index in [2.05, 4.69) is 49.0 Å². The predicted octanol–water partition coefficient (Wildman–Crippen LogP) is 2.76. The lowest BCUT2D eigenvalue weighted by Gasteiger charge is -2.34. The van der Waals surface area contributed by atoms with Gasteiger partial charge in [-0.25, -0.2) is 9.97 Å². The van der Waals surface area contributed by atoms with Crippen LogP contribution in [0.4, 0.5) is 11.5 Å². The number of piperazine rings is 1. The van der Waals surface area contributed by atoms with Gasteiger partial charge < -0.3 is 24.3 Å². The van der Waals surface area contributed by atoms with Gasteiger partial charge in [-0.1, -0.05) is 19.1 Å². The average molecular weight is 465 g/mol. The summed E-state index contributed by atoms with van der Waals surface area (Å²) >= 11 is 0. The van der Waals surface area contributed by atoms with Crippen molar-refractivity contribution in [3.63, 3.8) is 0 Å². The standard InChI is InChI=1S/C25H32N6O3/c1-3-29-8-10-30(11-9-29)16-19-4-6-20(7-5-19)28-24(32)21-18(2)34-25-22(21)23(26-17-27-25)31-12-14-33-15-13-31/h4-7,17H,3,8-16H2,1-2H3,(H,28,32). The Bertz CT molecular complexity index is 1130. The third-order valence-corrected chi connectivity index (χ3v) is 6.71. The number of furan rings is 1. The minimum absolute atomic E-state index is 0.219. The molecule has 34 heavy (non-hydrogen) atoms. The maximum atomic E-state index is 13.3. The van der Waals surface area contributed by atoms with E-state index in [9.17, 15) is 4.79 Å². The van der Waals surface area contributed by atoms with E-state index in [0.29, 0.717) is 54.5 Å². The van der Waals surface area contributed by atoms with Crippen LogP contribution < -0.4 is 10.2 Å². The fourth-order valence-electron chi connectivity index (χ4n) is 4.73. The van der Waals surface area contributed by atoms with Gasteiger partial charge in [0, 0.05) is 51.5 Å². The lowest BCUT2D eigenvalue weighted by Crippen LogP contribution is -2.45. The number of ether oxygens (including phenoxy) is 1. The zero-order chi connectivity index (χ0) is 23.5. The molecule has 3 aromatic rings. The molecule has 2 aromatic heterocycles. The summed E-state index contributed by atoms with van der Waals surface area (Å²) in [5.74, 6) is 1.03. The molecule has 0 atom stereocenters. The average Bonchev–Trinajstić information content (AvgIpc) is 3.22. The summed E-state index contributed by atoms with van der Waals surface area (Å²) in [6.07, 6.45) is 1.48. The number of amides is 1. The van der Waals surface area contributed by atoms with Crippen molar-refractivity contribution in [1.29, 1.82) is 0 Å². The Labute approximate surface area is 199 Å². The number of hydrogen-bond acceptors (Lipinski definition) is 8. The Kier molecular flexibility index (Phi) is 6.75. The minimum Gasteiger partial charge on any atom is -0.442 e. The molecular formula is C25H32N6O3. The number of carbonyl (C=O) groups excluding carboxylic acids is 1. The van der Waals surface area contributed by atoms with Gasteiger partial charge in [-0.15, -0.1) is 0 Å². The summed E-state index contributed by atoms with van der Waals surface area (Å²) in [4.78, 5) is 29.1. The van der Waals surface area contributed by atoms with Crippen molar-refractivity contribution >= 4 is 28.5 Å². The molecule has 0 spiro atoms. The molecule has 2 saturated heterocycles. The van der Waals surface area contributed by atoms with E-state index in [1.54, 1.807) is 6.92 Å². The summed E-state index contributed by atoms with van der Waals surface area (Å²) in [6.45, 7) is 13.2. The topological polar surface area (TPSA) is 87.0 Å². The predicted molar refractivity (Wildman–Crippen MR) is 131 cm³/mol. The van der Waals surface area contributed by atoms with Gasteiger partial charge in [-0.2, -0.15) is 0 Å². The van der Waals surface area contributed by atoms with Gasteiger partial charge in [0.2, 0.25) is 5.71 Å². The van der Waals surface area contributed by atoms with Crippen molar-refractivity contribution in [3.8, 4) is 0 Å². The number of carbonyl (C=O) groups is 1. The van der Waals surface area contributed by atoms with Crippen molar-refractivity contribution < 1.29 is 13.9 Å². The molecule has 0 bridgehead atoms. The number of anilines is 2. The Morgan fingerprint density at radius 3 is 2.41 bits per heavy atom. The van der Waals surface area contributed by atoms with Crippen molar-refractivity contribution in [2.75, 3.05) is 69.2 Å². The van der Waals surface area contributed by atoms with Gasteiger partial charge in [0.25, 0.3) is 5.91 Å². The van der Waals surface area contributed by atoms with Crippen LogP contribution in [0.3, 0.4) is 0 Å². The molecule has 0 unspecified atom stereocenters. The van der Waals surface area contributed by atoms with Gasteiger partial charge in [0.1, 0.15) is 17.9 Å². The quantitative estimate of drug-likeness (QED) is 0.596. The van der Waals surface area contributed by atoms with E-state index in [4.69, 9.17) is 9.15 Å². The number of aromatic nitrogens is 2. The first-order valence-corrected chi connectivity index (χ1v) is 12.0. The molecule has 0 saturated carbocycles. The van der Waals surface area contributed by atoms with E-state index in [1.807, 2.05) is 12.1 Å². The third-order valence-electron chi connectivity index (χ3n) is 6.71. The number of benzene rings is 1. The van der Waals surface area contributed by atoms with Crippen LogP contribution in [0.5, 0.6) is 0 Å². The lowest BCUT2D eigenvalue weighted by atomic mass is 10.1. The molecule has 4 heterocycles. The second kappa shape index (κ2) is 10.1. The molecule has 0 radical (unpaired) electrons. The zero-order valence-corrected chi connectivity index (χ0v) is 19.9. The summed E-state index contributed by atoms with van der Waals surface area (Å²) in [5, 5.41) is 3.69. The van der Waals surface area contributed by atoms with Crippen molar-refractivity contribution in [2.24, 2.45) is 0 Å². The molecule has 9 heteroatoms. The maximum Gasteiger partial charge on any atom is 0.260 e. The molecule has 0 aliphatic carbocycles. The van der Waals surface area contributed by atoms with Gasteiger partial charge in [0.05, 0.1) is 24.2 Å². The number of nitrogens with one attached hydrogen (secondary N) is 1. The summed E-state index contributed by atoms with van der Waals surface area (Å²) in [5.41, 5.74) is 2.91. The normalized spacial score (nSPS) is 17.9. The van der Waals surface area contributed by atoms with Gasteiger partial charge in [-0.3, -0.25) is 9.69 Å². The lowest BCUT2D eigenvalue weighted by molar-refractivity contribution is 0.102. The number of morpholine rings is 1. The van der Waals surface area contributed by atoms with E-state index in [-0.39, 0.29) is 5.91 Å². The SMILES string of the molecule is CCN1CCN(Cc2ccc(NC(=O)c3c(C)oc4ncnc(N5CCOCC5)c34)cc2)CC1. The van der Waals surface area contributed by atoms with Gasteiger partial charge in [0.15, 0.2) is 0 Å². The molecular weight excluding hydrogens is 432 g/mol. The molecule has 2 fully saturated rings. The highest BCUT2D eigenvalue weighted by Crippen LogP contribution is 2.32. The summed E-state index contributed by atoms with van der Waals surface area (Å²) in [7, 11) is 0. The van der Waals surface area contributed by atoms with Crippen LogP contribution in [0.25, 0.3) is 11.1 Å². The maximum absolute atomic E-state index is 13.3. The summed E-state index contributed by atoms with van der Waals surface area (Å²) < 4.78 is 11.3. The van der Waals surface area contributed by atoms with Crippen LogP contribution in [0.15, 0.2) is 35.0 Å². The molecule has 9 nitrogen and oxygen atoms in total. The molecule has 1 N–H and O–H groups in total. The first kappa shape index (κ1) is 22.8. The number of likely N-dealkylation sites (N-methyl/N-ethyl adjacent to an activating group) is 1. The molecule has 180 valence electrons. The van der Waals surface area contributed by atoms with E-state index in [0.717, 1.165) is 45.0 Å². The van der Waals surface area contributed by atoms with Crippen molar-refractivity contribution in [1.82, 2.24) is 19.8 Å². The van der Waals surface area contributed by atoms with Crippen LogP contribution in [-0.4, -0.2) is 84.7 Å². The fourth-order valence-corrected chi connectivity index (χ4v) is 4.73. The highest BCUT2D eigenvalue weighted by Gasteiger charge is 2.26. The Balaban J connectivity index is 1.30. The van der Waals surface area contributed by atoms with E-state index in [1.165, 1.54) is 11.9 Å². The van der Waals surface area contributed by atoms with E-state index < -0.39 is 0 Å². The fraction of sp³-hybridized carbons (Fsp3) is 0.480. The number of fused-ring (bicyclic) bond motifs is 1. The molecule has 1 amide bonds. The minimum atomic E-state index is -0.219. The molecule has 1 aromatic carbocycles. The Morgan fingerprint density at radius 1 is 1.00 bits per heavy atom. The highest BCUT2D eigenvalue weighted by atomic mass is 16.5. The zero-order valence-electron chi connectivity index (χ0n) is 19.9. The van der Waals surface area contributed by atoms with E-state index >= 15 is 0 Å². The second-order valence-corrected chi connectivity index (χ2v) is 8.87. The first-order chi connectivity index (χ1) is 16.6. The number of nitrogens with zero attached hydrogens (tertiary/aromatic N) is 5. The largest absolute Gasteiger partial charge is 0.442 e. The van der Waals surface area contributed by atoms with Crippen molar-refractivity contribution in [2.45, 2.75) is 20.4 Å². The summed E-state index contributed by atoms with van der Waals surface area (Å²) in [6, 6.07) is 8.11. The molecule has 2 aliphatic rings. The number of aryl methyl sites for hydroxylation is 1. The number of hydrogen-bond donors (Lipinski definition) is 1. The smallest absolute Gasteiger partial charge is 0.260 e. The van der Waals surface area contributed by atoms with Gasteiger partial charge >= 0.3 is 0 Å². The van der Waals surface area contributed by atoms with Gasteiger partial charge in [-0.05, 0) is 31.2 Å². The Morgan fingerprint density at radius 2 is 1.71 bits per heavy atom. The van der Waals surface area contributed by atoms with Crippen LogP contribution in [0, 0.1) is 6.92 Å². The van der Waals surface area contributed by atoms with Crippen LogP contribution in [0.1, 0.15) is 28.6 Å². The van der Waals surface area contributed by atoms with Crippen LogP contribution in [-0.2, 0) is 11.3 Å². The monoisotopic (exact) mass is 464 g/mol.